The Hall–Kier alpha value is -0.920. The number of piperidine rings is 1. The molecule has 0 aliphatic carbocycles. The Morgan fingerprint density at radius 1 is 1.40 bits per heavy atom. The lowest BCUT2D eigenvalue weighted by molar-refractivity contribution is -0.0962. The van der Waals surface area contributed by atoms with Crippen molar-refractivity contribution in [2.75, 3.05) is 19.7 Å². The molecule has 4 rings (SSSR count). The van der Waals surface area contributed by atoms with Crippen LogP contribution in [0, 0.1) is 0 Å². The van der Waals surface area contributed by atoms with E-state index in [1.54, 1.807) is 11.3 Å². The van der Waals surface area contributed by atoms with E-state index < -0.39 is 0 Å². The van der Waals surface area contributed by atoms with E-state index in [0.717, 1.165) is 61.9 Å². The van der Waals surface area contributed by atoms with Gasteiger partial charge in [0.05, 0.1) is 23.7 Å². The quantitative estimate of drug-likeness (QED) is 0.883. The van der Waals surface area contributed by atoms with Crippen LogP contribution in [0.1, 0.15) is 41.3 Å². The van der Waals surface area contributed by atoms with Crippen molar-refractivity contribution in [2.45, 2.75) is 51.5 Å². The van der Waals surface area contributed by atoms with E-state index in [4.69, 9.17) is 16.3 Å². The monoisotopic (exact) mass is 381 g/mol. The third-order valence-electron chi connectivity index (χ3n) is 5.45. The van der Waals surface area contributed by atoms with E-state index in [2.05, 4.69) is 23.1 Å². The molecule has 136 valence electrons. The molecule has 0 amide bonds. The van der Waals surface area contributed by atoms with Crippen molar-refractivity contribution in [1.29, 1.82) is 0 Å². The summed E-state index contributed by atoms with van der Waals surface area (Å²) in [4.78, 5) is 3.73. The van der Waals surface area contributed by atoms with Gasteiger partial charge in [-0.2, -0.15) is 5.10 Å². The fourth-order valence-corrected chi connectivity index (χ4v) is 5.73. The van der Waals surface area contributed by atoms with E-state index in [0.29, 0.717) is 0 Å². The zero-order valence-electron chi connectivity index (χ0n) is 14.5. The van der Waals surface area contributed by atoms with Gasteiger partial charge >= 0.3 is 0 Å². The minimum Gasteiger partial charge on any atom is -0.392 e. The average molecular weight is 382 g/mol. The molecule has 2 aliphatic heterocycles. The summed E-state index contributed by atoms with van der Waals surface area (Å²) >= 11 is 7.98. The highest BCUT2D eigenvalue weighted by atomic mass is 35.5. The zero-order valence-corrected chi connectivity index (χ0v) is 16.1. The molecule has 1 N–H and O–H groups in total. The van der Waals surface area contributed by atoms with E-state index in [-0.39, 0.29) is 12.2 Å². The van der Waals surface area contributed by atoms with Crippen LogP contribution < -0.4 is 0 Å². The lowest BCUT2D eigenvalue weighted by Gasteiger charge is -2.43. The number of aliphatic hydroxyl groups is 1. The number of halogens is 1. The van der Waals surface area contributed by atoms with E-state index in [1.165, 1.54) is 16.0 Å². The maximum absolute atomic E-state index is 9.64. The van der Waals surface area contributed by atoms with Crippen LogP contribution in [0.4, 0.5) is 0 Å². The smallest absolute Gasteiger partial charge is 0.105 e. The summed E-state index contributed by atoms with van der Waals surface area (Å²) in [6.07, 6.45) is 6.91. The number of aryl methyl sites for hydroxylation is 1. The van der Waals surface area contributed by atoms with E-state index >= 15 is 0 Å². The second-order valence-electron chi connectivity index (χ2n) is 6.89. The molecule has 5 nitrogen and oxygen atoms in total. The Morgan fingerprint density at radius 2 is 2.20 bits per heavy atom. The number of thiophene rings is 1. The summed E-state index contributed by atoms with van der Waals surface area (Å²) in [5.74, 6) is 0. The number of hydrogen-bond acceptors (Lipinski definition) is 5. The molecule has 1 saturated heterocycles. The van der Waals surface area contributed by atoms with Gasteiger partial charge in [-0.05, 0) is 31.7 Å². The summed E-state index contributed by atoms with van der Waals surface area (Å²) in [7, 11) is 0. The SMILES string of the molecule is CCn1cc(CN2CCC3(CC2)OCCc2c3sc(Cl)c2CO)cn1. The number of fused-ring (bicyclic) bond motifs is 2. The fourth-order valence-electron chi connectivity index (χ4n) is 4.04. The summed E-state index contributed by atoms with van der Waals surface area (Å²) < 4.78 is 8.99. The Kier molecular flexibility index (Phi) is 4.90. The van der Waals surface area contributed by atoms with Crippen molar-refractivity contribution in [2.24, 2.45) is 0 Å². The number of rotatable bonds is 4. The standard InChI is InChI=1S/C18H24ClN3O2S/c1-2-22-11-13(9-20-22)10-21-6-4-18(5-7-21)16-14(3-8-24-18)15(12-23)17(19)25-16/h9,11,23H,2-8,10,12H2,1H3. The molecular formula is C18H24ClN3O2S. The van der Waals surface area contributed by atoms with Crippen LogP contribution in [-0.4, -0.2) is 39.5 Å². The van der Waals surface area contributed by atoms with Crippen LogP contribution in [0.2, 0.25) is 4.34 Å². The van der Waals surface area contributed by atoms with Crippen molar-refractivity contribution >= 4 is 22.9 Å². The van der Waals surface area contributed by atoms with Gasteiger partial charge in [0.2, 0.25) is 0 Å². The molecule has 2 aromatic rings. The predicted octanol–water partition coefficient (Wildman–Crippen LogP) is 3.17. The first-order valence-corrected chi connectivity index (χ1v) is 10.1. The highest BCUT2D eigenvalue weighted by Crippen LogP contribution is 2.48. The largest absolute Gasteiger partial charge is 0.392 e. The molecule has 2 aromatic heterocycles. The molecule has 7 heteroatoms. The first-order valence-electron chi connectivity index (χ1n) is 8.94. The molecule has 0 radical (unpaired) electrons. The van der Waals surface area contributed by atoms with Crippen LogP contribution in [-0.2, 0) is 36.5 Å². The molecule has 0 bridgehead atoms. The van der Waals surface area contributed by atoms with Crippen LogP contribution in [0.3, 0.4) is 0 Å². The number of likely N-dealkylation sites (tertiary alicyclic amines) is 1. The second-order valence-corrected chi connectivity index (χ2v) is 8.52. The second kappa shape index (κ2) is 7.00. The maximum Gasteiger partial charge on any atom is 0.105 e. The molecular weight excluding hydrogens is 358 g/mol. The molecule has 2 aliphatic rings. The Balaban J connectivity index is 1.48. The first kappa shape index (κ1) is 17.5. The van der Waals surface area contributed by atoms with Gasteiger partial charge < -0.3 is 9.84 Å². The molecule has 4 heterocycles. The van der Waals surface area contributed by atoms with Crippen LogP contribution in [0.25, 0.3) is 0 Å². The average Bonchev–Trinajstić information content (AvgIpc) is 3.21. The summed E-state index contributed by atoms with van der Waals surface area (Å²) in [6.45, 7) is 6.69. The fraction of sp³-hybridized carbons (Fsp3) is 0.611. The molecule has 1 fully saturated rings. The van der Waals surface area contributed by atoms with Gasteiger partial charge in [0.15, 0.2) is 0 Å². The van der Waals surface area contributed by atoms with Crippen LogP contribution >= 0.6 is 22.9 Å². The van der Waals surface area contributed by atoms with Gasteiger partial charge in [-0.1, -0.05) is 11.6 Å². The molecule has 0 saturated carbocycles. The molecule has 1 spiro atoms. The van der Waals surface area contributed by atoms with Crippen molar-refractivity contribution in [3.63, 3.8) is 0 Å². The topological polar surface area (TPSA) is 50.5 Å². The van der Waals surface area contributed by atoms with Crippen molar-refractivity contribution < 1.29 is 9.84 Å². The summed E-state index contributed by atoms with van der Waals surface area (Å²) in [5.41, 5.74) is 3.21. The zero-order chi connectivity index (χ0) is 17.4. The molecule has 0 aromatic carbocycles. The van der Waals surface area contributed by atoms with E-state index in [9.17, 15) is 5.11 Å². The van der Waals surface area contributed by atoms with Gasteiger partial charge in [0.25, 0.3) is 0 Å². The molecule has 0 atom stereocenters. The van der Waals surface area contributed by atoms with Crippen LogP contribution in [0.15, 0.2) is 12.4 Å². The number of nitrogens with zero attached hydrogens (tertiary/aromatic N) is 3. The number of ether oxygens (including phenoxy) is 1. The Bertz CT molecular complexity index is 750. The molecule has 0 unspecified atom stereocenters. The molecule has 25 heavy (non-hydrogen) atoms. The van der Waals surface area contributed by atoms with Crippen molar-refractivity contribution in [3.05, 3.63) is 38.3 Å². The normalized spacial score (nSPS) is 20.1. The lowest BCUT2D eigenvalue weighted by Crippen LogP contribution is -2.45. The third-order valence-corrected chi connectivity index (χ3v) is 7.16. The summed E-state index contributed by atoms with van der Waals surface area (Å²) in [6, 6.07) is 0. The third kappa shape index (κ3) is 3.15. The predicted molar refractivity (Wildman–Crippen MR) is 99.0 cm³/mol. The summed E-state index contributed by atoms with van der Waals surface area (Å²) in [5, 5.41) is 14.0. The Morgan fingerprint density at radius 3 is 2.88 bits per heavy atom. The number of aromatic nitrogens is 2. The van der Waals surface area contributed by atoms with Gasteiger partial charge in [-0.3, -0.25) is 9.58 Å². The highest BCUT2D eigenvalue weighted by Gasteiger charge is 2.43. The minimum atomic E-state index is -0.209. The number of aliphatic hydroxyl groups excluding tert-OH is 1. The van der Waals surface area contributed by atoms with Crippen molar-refractivity contribution in [1.82, 2.24) is 14.7 Å². The van der Waals surface area contributed by atoms with Gasteiger partial charge in [0.1, 0.15) is 5.60 Å². The van der Waals surface area contributed by atoms with Gasteiger partial charge in [-0.15, -0.1) is 11.3 Å². The van der Waals surface area contributed by atoms with Gasteiger partial charge in [-0.25, -0.2) is 0 Å². The Labute approximate surface area is 157 Å². The van der Waals surface area contributed by atoms with Crippen molar-refractivity contribution in [3.8, 4) is 0 Å². The number of hydrogen-bond donors (Lipinski definition) is 1. The lowest BCUT2D eigenvalue weighted by atomic mass is 9.84. The van der Waals surface area contributed by atoms with E-state index in [1.807, 2.05) is 10.9 Å². The highest BCUT2D eigenvalue weighted by molar-refractivity contribution is 7.16. The first-order chi connectivity index (χ1) is 12.1. The minimum absolute atomic E-state index is 0.0221. The van der Waals surface area contributed by atoms with Crippen LogP contribution in [0.5, 0.6) is 0 Å². The van der Waals surface area contributed by atoms with Gasteiger partial charge in [0, 0.05) is 48.4 Å². The maximum atomic E-state index is 9.64.